The first-order valence-corrected chi connectivity index (χ1v) is 10.7. The Kier molecular flexibility index (Phi) is 5.99. The molecule has 0 unspecified atom stereocenters. The van der Waals surface area contributed by atoms with Gasteiger partial charge in [0, 0.05) is 23.3 Å². The third-order valence-electron chi connectivity index (χ3n) is 4.22. The van der Waals surface area contributed by atoms with E-state index in [1.54, 1.807) is 38.1 Å². The van der Waals surface area contributed by atoms with E-state index in [0.29, 0.717) is 11.4 Å². The third kappa shape index (κ3) is 5.39. The summed E-state index contributed by atoms with van der Waals surface area (Å²) in [6, 6.07) is 9.15. The van der Waals surface area contributed by atoms with Crippen LogP contribution in [0.5, 0.6) is 0 Å². The van der Waals surface area contributed by atoms with Crippen molar-refractivity contribution in [3.8, 4) is 0 Å². The van der Waals surface area contributed by atoms with E-state index in [0.717, 1.165) is 31.0 Å². The largest absolute Gasteiger partial charge is 0.326 e. The number of carbonyl (C=O) groups excluding carboxylic acids is 2. The van der Waals surface area contributed by atoms with E-state index < -0.39 is 27.3 Å². The number of rotatable bonds is 7. The summed E-state index contributed by atoms with van der Waals surface area (Å²) >= 11 is 0. The molecular weight excluding hydrogens is 397 g/mol. The van der Waals surface area contributed by atoms with Crippen LogP contribution in [0.3, 0.4) is 0 Å². The summed E-state index contributed by atoms with van der Waals surface area (Å²) in [4.78, 5) is 24.2. The quantitative estimate of drug-likeness (QED) is 0.641. The van der Waals surface area contributed by atoms with Gasteiger partial charge in [-0.25, -0.2) is 17.5 Å². The first-order valence-electron chi connectivity index (χ1n) is 9.20. The second-order valence-corrected chi connectivity index (χ2v) is 8.93. The predicted octanol–water partition coefficient (Wildman–Crippen LogP) is 3.11. The Morgan fingerprint density at radius 3 is 2.31 bits per heavy atom. The Labute approximate surface area is 168 Å². The van der Waals surface area contributed by atoms with Gasteiger partial charge < -0.3 is 10.6 Å². The minimum Gasteiger partial charge on any atom is -0.326 e. The van der Waals surface area contributed by atoms with Crippen LogP contribution in [0.4, 0.5) is 15.8 Å². The summed E-state index contributed by atoms with van der Waals surface area (Å²) in [5.41, 5.74) is 0.457. The minimum atomic E-state index is -3.87. The van der Waals surface area contributed by atoms with Gasteiger partial charge in [-0.1, -0.05) is 6.07 Å². The van der Waals surface area contributed by atoms with Gasteiger partial charge in [-0.2, -0.15) is 0 Å². The molecule has 1 fully saturated rings. The van der Waals surface area contributed by atoms with Gasteiger partial charge >= 0.3 is 0 Å². The maximum Gasteiger partial charge on any atom is 0.258 e. The molecule has 0 atom stereocenters. The average molecular weight is 419 g/mol. The van der Waals surface area contributed by atoms with Crippen LogP contribution >= 0.6 is 0 Å². The number of nitrogens with one attached hydrogen (secondary N) is 3. The molecule has 9 heteroatoms. The molecule has 0 saturated heterocycles. The SMILES string of the molecule is CC(C)NS(=O)(=O)c1ccc(F)c(C(=O)Nc2cccc(NC(=O)C3CC3)c2)c1. The molecule has 0 spiro atoms. The van der Waals surface area contributed by atoms with Crippen molar-refractivity contribution < 1.29 is 22.4 Å². The molecule has 0 radical (unpaired) electrons. The van der Waals surface area contributed by atoms with E-state index in [1.807, 2.05) is 0 Å². The molecule has 1 aliphatic carbocycles. The van der Waals surface area contributed by atoms with Gasteiger partial charge in [0.1, 0.15) is 5.82 Å². The van der Waals surface area contributed by atoms with Crippen molar-refractivity contribution in [3.05, 3.63) is 53.8 Å². The van der Waals surface area contributed by atoms with Crippen LogP contribution < -0.4 is 15.4 Å². The molecule has 2 aromatic carbocycles. The zero-order chi connectivity index (χ0) is 21.2. The zero-order valence-electron chi connectivity index (χ0n) is 16.0. The second kappa shape index (κ2) is 8.30. The molecule has 0 bridgehead atoms. The van der Waals surface area contributed by atoms with Crippen molar-refractivity contribution in [1.29, 1.82) is 0 Å². The van der Waals surface area contributed by atoms with Gasteiger partial charge in [0.15, 0.2) is 0 Å². The fraction of sp³-hybridized carbons (Fsp3) is 0.300. The Morgan fingerprint density at radius 1 is 1.03 bits per heavy atom. The predicted molar refractivity (Wildman–Crippen MR) is 108 cm³/mol. The number of anilines is 2. The molecule has 2 amide bonds. The number of hydrogen-bond donors (Lipinski definition) is 3. The molecular formula is C20H22FN3O4S. The first kappa shape index (κ1) is 20.9. The van der Waals surface area contributed by atoms with Crippen LogP contribution in [0, 0.1) is 11.7 Å². The number of hydrogen-bond acceptors (Lipinski definition) is 4. The average Bonchev–Trinajstić information content (AvgIpc) is 3.46. The van der Waals surface area contributed by atoms with E-state index in [4.69, 9.17) is 0 Å². The maximum absolute atomic E-state index is 14.2. The number of amides is 2. The lowest BCUT2D eigenvalue weighted by Crippen LogP contribution is -2.30. The highest BCUT2D eigenvalue weighted by molar-refractivity contribution is 7.89. The fourth-order valence-electron chi connectivity index (χ4n) is 2.69. The van der Waals surface area contributed by atoms with Crippen molar-refractivity contribution in [2.75, 3.05) is 10.6 Å². The topological polar surface area (TPSA) is 104 Å². The number of carbonyl (C=O) groups is 2. The fourth-order valence-corrected chi connectivity index (χ4v) is 3.96. The second-order valence-electron chi connectivity index (χ2n) is 7.22. The number of sulfonamides is 1. The van der Waals surface area contributed by atoms with Crippen molar-refractivity contribution >= 4 is 33.2 Å². The molecule has 3 rings (SSSR count). The first-order chi connectivity index (χ1) is 13.7. The highest BCUT2D eigenvalue weighted by Gasteiger charge is 2.29. The number of benzene rings is 2. The highest BCUT2D eigenvalue weighted by atomic mass is 32.2. The monoisotopic (exact) mass is 419 g/mol. The molecule has 1 saturated carbocycles. The molecule has 154 valence electrons. The van der Waals surface area contributed by atoms with Crippen LogP contribution in [-0.2, 0) is 14.8 Å². The van der Waals surface area contributed by atoms with E-state index in [2.05, 4.69) is 15.4 Å². The molecule has 0 aromatic heterocycles. The summed E-state index contributed by atoms with van der Waals surface area (Å²) < 4.78 is 41.2. The van der Waals surface area contributed by atoms with Crippen LogP contribution in [0.2, 0.25) is 0 Å². The number of halogens is 1. The van der Waals surface area contributed by atoms with Crippen LogP contribution in [0.1, 0.15) is 37.0 Å². The lowest BCUT2D eigenvalue weighted by Gasteiger charge is -2.12. The molecule has 29 heavy (non-hydrogen) atoms. The van der Waals surface area contributed by atoms with Crippen molar-refractivity contribution in [2.45, 2.75) is 37.6 Å². The van der Waals surface area contributed by atoms with Gasteiger partial charge in [-0.05, 0) is 63.1 Å². The van der Waals surface area contributed by atoms with Gasteiger partial charge in [0.05, 0.1) is 10.5 Å². The molecule has 3 N–H and O–H groups in total. The Morgan fingerprint density at radius 2 is 1.69 bits per heavy atom. The Bertz CT molecular complexity index is 1050. The van der Waals surface area contributed by atoms with Crippen molar-refractivity contribution in [1.82, 2.24) is 4.72 Å². The molecule has 0 heterocycles. The summed E-state index contributed by atoms with van der Waals surface area (Å²) in [5, 5.41) is 5.30. The van der Waals surface area contributed by atoms with Crippen molar-refractivity contribution in [3.63, 3.8) is 0 Å². The maximum atomic E-state index is 14.2. The van der Waals surface area contributed by atoms with Gasteiger partial charge in [0.2, 0.25) is 15.9 Å². The minimum absolute atomic E-state index is 0.0338. The summed E-state index contributed by atoms with van der Waals surface area (Å²) in [5.74, 6) is -1.68. The van der Waals surface area contributed by atoms with Gasteiger partial charge in [-0.15, -0.1) is 0 Å². The summed E-state index contributed by atoms with van der Waals surface area (Å²) in [6.07, 6.45) is 1.74. The smallest absolute Gasteiger partial charge is 0.258 e. The lowest BCUT2D eigenvalue weighted by atomic mass is 10.2. The van der Waals surface area contributed by atoms with E-state index in [1.165, 1.54) is 0 Å². The molecule has 7 nitrogen and oxygen atoms in total. The summed E-state index contributed by atoms with van der Waals surface area (Å²) in [6.45, 7) is 3.31. The lowest BCUT2D eigenvalue weighted by molar-refractivity contribution is -0.117. The van der Waals surface area contributed by atoms with E-state index >= 15 is 0 Å². The van der Waals surface area contributed by atoms with Crippen LogP contribution in [0.15, 0.2) is 47.4 Å². The van der Waals surface area contributed by atoms with E-state index in [-0.39, 0.29) is 22.8 Å². The Balaban J connectivity index is 1.78. The highest BCUT2D eigenvalue weighted by Crippen LogP contribution is 2.30. The standard InChI is InChI=1S/C20H22FN3O4S/c1-12(2)24-29(27,28)16-8-9-18(21)17(11-16)20(26)23-15-5-3-4-14(10-15)22-19(25)13-6-7-13/h3-5,8-13,24H,6-7H2,1-2H3,(H,22,25)(H,23,26). The van der Waals surface area contributed by atoms with Crippen LogP contribution in [-0.4, -0.2) is 26.3 Å². The normalized spacial score (nSPS) is 13.9. The van der Waals surface area contributed by atoms with E-state index in [9.17, 15) is 22.4 Å². The summed E-state index contributed by atoms with van der Waals surface area (Å²) in [7, 11) is -3.87. The third-order valence-corrected chi connectivity index (χ3v) is 5.88. The Hall–Kier alpha value is -2.78. The van der Waals surface area contributed by atoms with Gasteiger partial charge in [0.25, 0.3) is 5.91 Å². The molecule has 2 aromatic rings. The molecule has 0 aliphatic heterocycles. The van der Waals surface area contributed by atoms with Crippen molar-refractivity contribution in [2.24, 2.45) is 5.92 Å². The zero-order valence-corrected chi connectivity index (χ0v) is 16.8. The van der Waals surface area contributed by atoms with Gasteiger partial charge in [-0.3, -0.25) is 9.59 Å². The van der Waals surface area contributed by atoms with Crippen LogP contribution in [0.25, 0.3) is 0 Å². The molecule has 1 aliphatic rings.